The van der Waals surface area contributed by atoms with E-state index in [2.05, 4.69) is 64.9 Å². The molecular weight excluding hydrogens is 343 g/mol. The molecule has 4 heteroatoms. The Balaban J connectivity index is 2.04. The number of hydrogen-bond acceptors (Lipinski definition) is 3. The largest absolute Gasteiger partial charge is 0.380 e. The van der Waals surface area contributed by atoms with Gasteiger partial charge >= 0.3 is 0 Å². The molecule has 0 fully saturated rings. The maximum Gasteiger partial charge on any atom is 0.0925 e. The fraction of sp³-hybridized carbons (Fsp3) is 0.308. The van der Waals surface area contributed by atoms with E-state index in [1.807, 2.05) is 6.20 Å². The van der Waals surface area contributed by atoms with Crippen LogP contribution in [-0.4, -0.2) is 4.98 Å². The van der Waals surface area contributed by atoms with E-state index in [0.29, 0.717) is 0 Å². The van der Waals surface area contributed by atoms with Crippen molar-refractivity contribution in [2.45, 2.75) is 26.8 Å². The molecule has 0 spiro atoms. The predicted molar refractivity (Wildman–Crippen MR) is 82.7 cm³/mol. The Bertz CT molecular complexity index is 508. The molecule has 1 N–H and O–H groups in total. The molecule has 0 aliphatic rings. The average molecular weight is 358 g/mol. The Hall–Kier alpha value is -0.620. The number of hydrogen-bond donors (Lipinski definition) is 1. The van der Waals surface area contributed by atoms with Crippen LogP contribution in [0.4, 0.5) is 5.69 Å². The van der Waals surface area contributed by atoms with Gasteiger partial charge in [0.2, 0.25) is 0 Å². The molecule has 0 atom stereocenters. The molecule has 0 unspecified atom stereocenters. The number of nitrogens with zero attached hydrogens (tertiary/aromatic N) is 1. The summed E-state index contributed by atoms with van der Waals surface area (Å²) in [6, 6.07) is 6.34. The van der Waals surface area contributed by atoms with Gasteiger partial charge in [-0.05, 0) is 53.6 Å². The molecule has 1 aromatic carbocycles. The van der Waals surface area contributed by atoms with E-state index in [-0.39, 0.29) is 0 Å². The van der Waals surface area contributed by atoms with Crippen LogP contribution in [0.1, 0.15) is 22.4 Å². The summed E-state index contributed by atoms with van der Waals surface area (Å²) in [5, 5.41) is 4.68. The first-order valence-electron chi connectivity index (χ1n) is 5.63. The van der Waals surface area contributed by atoms with E-state index < -0.39 is 0 Å². The molecule has 0 radical (unpaired) electrons. The molecule has 1 heterocycles. The average Bonchev–Trinajstić information content (AvgIpc) is 2.79. The second kappa shape index (κ2) is 5.82. The SMILES string of the molecule is CCc1ncc(CNc2cccc(I)c2C)s1. The Morgan fingerprint density at radius 2 is 2.24 bits per heavy atom. The summed E-state index contributed by atoms with van der Waals surface area (Å²) < 4.78 is 1.30. The Morgan fingerprint density at radius 3 is 2.94 bits per heavy atom. The summed E-state index contributed by atoms with van der Waals surface area (Å²) in [4.78, 5) is 5.66. The van der Waals surface area contributed by atoms with Crippen molar-refractivity contribution in [3.63, 3.8) is 0 Å². The number of anilines is 1. The zero-order valence-electron chi connectivity index (χ0n) is 9.96. The van der Waals surface area contributed by atoms with E-state index in [4.69, 9.17) is 0 Å². The molecule has 0 aliphatic heterocycles. The van der Waals surface area contributed by atoms with E-state index in [1.54, 1.807) is 11.3 Å². The van der Waals surface area contributed by atoms with Gasteiger partial charge in [0.25, 0.3) is 0 Å². The number of rotatable bonds is 4. The first-order chi connectivity index (χ1) is 8.20. The first kappa shape index (κ1) is 12.8. The molecular formula is C13H15IN2S. The second-order valence-corrected chi connectivity index (χ2v) is 6.20. The van der Waals surface area contributed by atoms with Gasteiger partial charge < -0.3 is 5.32 Å². The predicted octanol–water partition coefficient (Wildman–Crippen LogP) is 4.23. The van der Waals surface area contributed by atoms with Crippen LogP contribution in [0.3, 0.4) is 0 Å². The van der Waals surface area contributed by atoms with Crippen molar-refractivity contribution >= 4 is 39.6 Å². The molecule has 0 saturated carbocycles. The lowest BCUT2D eigenvalue weighted by atomic mass is 10.2. The number of thiazole rings is 1. The van der Waals surface area contributed by atoms with Crippen molar-refractivity contribution in [2.24, 2.45) is 0 Å². The lowest BCUT2D eigenvalue weighted by molar-refractivity contribution is 1.09. The molecule has 0 aliphatic carbocycles. The maximum atomic E-state index is 4.36. The number of benzene rings is 1. The van der Waals surface area contributed by atoms with Crippen molar-refractivity contribution in [3.05, 3.63) is 43.4 Å². The van der Waals surface area contributed by atoms with Crippen molar-refractivity contribution in [2.75, 3.05) is 5.32 Å². The van der Waals surface area contributed by atoms with Crippen LogP contribution in [0.5, 0.6) is 0 Å². The quantitative estimate of drug-likeness (QED) is 0.828. The van der Waals surface area contributed by atoms with Crippen LogP contribution in [0.15, 0.2) is 24.4 Å². The van der Waals surface area contributed by atoms with E-state index in [0.717, 1.165) is 13.0 Å². The third-order valence-electron chi connectivity index (χ3n) is 2.62. The van der Waals surface area contributed by atoms with Crippen LogP contribution in [0.2, 0.25) is 0 Å². The van der Waals surface area contributed by atoms with Gasteiger partial charge in [-0.25, -0.2) is 4.98 Å². The smallest absolute Gasteiger partial charge is 0.0925 e. The van der Waals surface area contributed by atoms with Gasteiger partial charge in [-0.3, -0.25) is 0 Å². The molecule has 2 nitrogen and oxygen atoms in total. The summed E-state index contributed by atoms with van der Waals surface area (Å²) in [7, 11) is 0. The topological polar surface area (TPSA) is 24.9 Å². The summed E-state index contributed by atoms with van der Waals surface area (Å²) in [6.45, 7) is 5.15. The molecule has 1 aromatic heterocycles. The number of aromatic nitrogens is 1. The molecule has 0 saturated heterocycles. The van der Waals surface area contributed by atoms with E-state index in [9.17, 15) is 0 Å². The normalized spacial score (nSPS) is 10.5. The third-order valence-corrected chi connectivity index (χ3v) is 4.93. The summed E-state index contributed by atoms with van der Waals surface area (Å²) in [5.41, 5.74) is 2.52. The van der Waals surface area contributed by atoms with Crippen molar-refractivity contribution in [3.8, 4) is 0 Å². The highest BCUT2D eigenvalue weighted by molar-refractivity contribution is 14.1. The summed E-state index contributed by atoms with van der Waals surface area (Å²) in [6.07, 6.45) is 2.99. The zero-order chi connectivity index (χ0) is 12.3. The number of nitrogens with one attached hydrogen (secondary N) is 1. The Kier molecular flexibility index (Phi) is 4.39. The summed E-state index contributed by atoms with van der Waals surface area (Å²) >= 11 is 4.15. The monoisotopic (exact) mass is 358 g/mol. The second-order valence-electron chi connectivity index (χ2n) is 3.84. The highest BCUT2D eigenvalue weighted by atomic mass is 127. The Morgan fingerprint density at radius 1 is 1.41 bits per heavy atom. The minimum Gasteiger partial charge on any atom is -0.380 e. The molecule has 17 heavy (non-hydrogen) atoms. The highest BCUT2D eigenvalue weighted by Crippen LogP contribution is 2.22. The van der Waals surface area contributed by atoms with Gasteiger partial charge in [0.15, 0.2) is 0 Å². The van der Waals surface area contributed by atoms with Crippen LogP contribution in [0, 0.1) is 10.5 Å². The molecule has 0 bridgehead atoms. The Labute approximate surface area is 120 Å². The molecule has 90 valence electrons. The van der Waals surface area contributed by atoms with Crippen molar-refractivity contribution in [1.29, 1.82) is 0 Å². The standard InChI is InChI=1S/C13H15IN2S/c1-3-13-16-8-10(17-13)7-15-12-6-4-5-11(14)9(12)2/h4-6,8,15H,3,7H2,1-2H3. The van der Waals surface area contributed by atoms with Crippen molar-refractivity contribution < 1.29 is 0 Å². The minimum atomic E-state index is 0.860. The van der Waals surface area contributed by atoms with E-state index in [1.165, 1.54) is 24.7 Å². The fourth-order valence-electron chi connectivity index (χ4n) is 1.57. The van der Waals surface area contributed by atoms with Gasteiger partial charge in [0.05, 0.1) is 11.6 Å². The highest BCUT2D eigenvalue weighted by Gasteiger charge is 2.03. The van der Waals surface area contributed by atoms with E-state index >= 15 is 0 Å². The van der Waals surface area contributed by atoms with Crippen molar-refractivity contribution in [1.82, 2.24) is 4.98 Å². The number of aryl methyl sites for hydroxylation is 1. The first-order valence-corrected chi connectivity index (χ1v) is 7.52. The van der Waals surface area contributed by atoms with Gasteiger partial charge in [-0.2, -0.15) is 0 Å². The van der Waals surface area contributed by atoms with Crippen LogP contribution < -0.4 is 5.32 Å². The maximum absolute atomic E-state index is 4.36. The van der Waals surface area contributed by atoms with Crippen LogP contribution in [-0.2, 0) is 13.0 Å². The van der Waals surface area contributed by atoms with Gasteiger partial charge in [0.1, 0.15) is 0 Å². The van der Waals surface area contributed by atoms with Crippen LogP contribution in [0.25, 0.3) is 0 Å². The lowest BCUT2D eigenvalue weighted by Crippen LogP contribution is -2.00. The van der Waals surface area contributed by atoms with Gasteiger partial charge in [0, 0.05) is 20.3 Å². The lowest BCUT2D eigenvalue weighted by Gasteiger charge is -2.09. The molecule has 2 aromatic rings. The fourth-order valence-corrected chi connectivity index (χ4v) is 2.87. The van der Waals surface area contributed by atoms with Crippen LogP contribution >= 0.6 is 33.9 Å². The molecule has 0 amide bonds. The zero-order valence-corrected chi connectivity index (χ0v) is 12.9. The number of halogens is 1. The minimum absolute atomic E-state index is 0.860. The summed E-state index contributed by atoms with van der Waals surface area (Å²) in [5.74, 6) is 0. The van der Waals surface area contributed by atoms with Gasteiger partial charge in [-0.15, -0.1) is 11.3 Å². The molecule has 2 rings (SSSR count). The van der Waals surface area contributed by atoms with Gasteiger partial charge in [-0.1, -0.05) is 13.0 Å². The third kappa shape index (κ3) is 3.19.